The molecule has 2 aromatic rings. The Labute approximate surface area is 86.3 Å². The Morgan fingerprint density at radius 2 is 2.40 bits per heavy atom. The molecule has 2 aromatic heterocycles. The van der Waals surface area contributed by atoms with Crippen molar-refractivity contribution in [3.05, 3.63) is 42.2 Å². The van der Waals surface area contributed by atoms with E-state index in [0.29, 0.717) is 12.2 Å². The van der Waals surface area contributed by atoms with Crippen molar-refractivity contribution in [2.45, 2.75) is 6.54 Å². The molecule has 0 aromatic carbocycles. The third kappa shape index (κ3) is 1.98. The van der Waals surface area contributed by atoms with E-state index >= 15 is 0 Å². The zero-order valence-electron chi connectivity index (χ0n) is 7.96. The van der Waals surface area contributed by atoms with Crippen molar-refractivity contribution in [1.29, 1.82) is 5.41 Å². The highest BCUT2D eigenvalue weighted by Crippen LogP contribution is 2.05. The first kappa shape index (κ1) is 9.32. The summed E-state index contributed by atoms with van der Waals surface area (Å²) in [7, 11) is 0. The molecule has 2 rings (SSSR count). The molecule has 6 heteroatoms. The summed E-state index contributed by atoms with van der Waals surface area (Å²) in [5.74, 6) is -0.0364. The van der Waals surface area contributed by atoms with Gasteiger partial charge in [0.2, 0.25) is 0 Å². The largest absolute Gasteiger partial charge is 0.382 e. The van der Waals surface area contributed by atoms with Gasteiger partial charge in [0.05, 0.1) is 6.54 Å². The van der Waals surface area contributed by atoms with Gasteiger partial charge in [0.1, 0.15) is 24.2 Å². The van der Waals surface area contributed by atoms with Crippen molar-refractivity contribution in [2.75, 3.05) is 0 Å². The Bertz CT molecular complexity index is 461. The molecule has 0 bridgehead atoms. The molecule has 6 nitrogen and oxygen atoms in total. The van der Waals surface area contributed by atoms with E-state index in [1.807, 2.05) is 6.07 Å². The van der Waals surface area contributed by atoms with E-state index in [9.17, 15) is 0 Å². The molecule has 0 aliphatic rings. The minimum absolute atomic E-state index is 0.0364. The van der Waals surface area contributed by atoms with E-state index in [2.05, 4.69) is 15.1 Å². The molecular formula is C9H10N6. The molecule has 0 aliphatic carbocycles. The molecule has 2 heterocycles. The highest BCUT2D eigenvalue weighted by molar-refractivity contribution is 5.94. The summed E-state index contributed by atoms with van der Waals surface area (Å²) in [4.78, 5) is 7.89. The lowest BCUT2D eigenvalue weighted by Crippen LogP contribution is -2.17. The van der Waals surface area contributed by atoms with Gasteiger partial charge in [0.25, 0.3) is 0 Å². The number of aromatic nitrogens is 4. The van der Waals surface area contributed by atoms with E-state index in [-0.39, 0.29) is 5.84 Å². The monoisotopic (exact) mass is 202 g/mol. The number of nitrogens with one attached hydrogen (secondary N) is 1. The van der Waals surface area contributed by atoms with Crippen LogP contribution < -0.4 is 5.73 Å². The molecule has 0 fully saturated rings. The highest BCUT2D eigenvalue weighted by atomic mass is 15.3. The Kier molecular flexibility index (Phi) is 2.40. The zero-order valence-corrected chi connectivity index (χ0v) is 7.96. The normalized spacial score (nSPS) is 10.1. The smallest absolute Gasteiger partial charge is 0.142 e. The Morgan fingerprint density at radius 3 is 3.07 bits per heavy atom. The van der Waals surface area contributed by atoms with Crippen LogP contribution in [0.5, 0.6) is 0 Å². The molecule has 0 saturated carbocycles. The van der Waals surface area contributed by atoms with E-state index in [4.69, 9.17) is 11.1 Å². The first-order valence-electron chi connectivity index (χ1n) is 4.38. The fourth-order valence-electron chi connectivity index (χ4n) is 1.30. The van der Waals surface area contributed by atoms with E-state index in [1.54, 1.807) is 23.3 Å². The average Bonchev–Trinajstić information content (AvgIpc) is 2.71. The summed E-state index contributed by atoms with van der Waals surface area (Å²) in [6.45, 7) is 0.517. The number of rotatable bonds is 3. The van der Waals surface area contributed by atoms with Crippen LogP contribution in [0.15, 0.2) is 31.0 Å². The van der Waals surface area contributed by atoms with E-state index in [0.717, 1.165) is 5.56 Å². The minimum Gasteiger partial charge on any atom is -0.382 e. The number of nitrogens with zero attached hydrogens (tertiary/aromatic N) is 4. The summed E-state index contributed by atoms with van der Waals surface area (Å²) in [6, 6.07) is 3.67. The first-order valence-corrected chi connectivity index (χ1v) is 4.38. The number of hydrogen-bond donors (Lipinski definition) is 2. The second kappa shape index (κ2) is 3.87. The summed E-state index contributed by atoms with van der Waals surface area (Å²) in [5, 5.41) is 11.4. The van der Waals surface area contributed by atoms with Crippen molar-refractivity contribution in [3.8, 4) is 0 Å². The second-order valence-electron chi connectivity index (χ2n) is 3.02. The maximum absolute atomic E-state index is 7.37. The molecule has 76 valence electrons. The van der Waals surface area contributed by atoms with Gasteiger partial charge in [0.15, 0.2) is 0 Å². The molecule has 0 radical (unpaired) electrons. The maximum Gasteiger partial charge on any atom is 0.142 e. The lowest BCUT2D eigenvalue weighted by atomic mass is 10.2. The summed E-state index contributed by atoms with van der Waals surface area (Å²) < 4.78 is 1.66. The van der Waals surface area contributed by atoms with E-state index in [1.165, 1.54) is 6.33 Å². The highest BCUT2D eigenvalue weighted by Gasteiger charge is 2.06. The molecule has 0 spiro atoms. The molecule has 15 heavy (non-hydrogen) atoms. The third-order valence-corrected chi connectivity index (χ3v) is 1.95. The Balaban J connectivity index is 2.32. The van der Waals surface area contributed by atoms with Crippen LogP contribution in [0.4, 0.5) is 0 Å². The van der Waals surface area contributed by atoms with Crippen molar-refractivity contribution in [2.24, 2.45) is 5.73 Å². The van der Waals surface area contributed by atoms with Gasteiger partial charge < -0.3 is 5.73 Å². The molecule has 0 saturated heterocycles. The van der Waals surface area contributed by atoms with Crippen molar-refractivity contribution in [1.82, 2.24) is 19.7 Å². The van der Waals surface area contributed by atoms with Gasteiger partial charge in [-0.1, -0.05) is 6.07 Å². The zero-order chi connectivity index (χ0) is 10.7. The van der Waals surface area contributed by atoms with Gasteiger partial charge in [-0.2, -0.15) is 5.10 Å². The van der Waals surface area contributed by atoms with Crippen LogP contribution in [-0.4, -0.2) is 25.6 Å². The van der Waals surface area contributed by atoms with Crippen LogP contribution >= 0.6 is 0 Å². The van der Waals surface area contributed by atoms with Gasteiger partial charge in [-0.15, -0.1) is 0 Å². The Hall–Kier alpha value is -2.24. The van der Waals surface area contributed by atoms with Crippen molar-refractivity contribution >= 4 is 5.84 Å². The summed E-state index contributed by atoms with van der Waals surface area (Å²) >= 11 is 0. The van der Waals surface area contributed by atoms with Gasteiger partial charge in [-0.3, -0.25) is 10.4 Å². The Morgan fingerprint density at radius 1 is 1.53 bits per heavy atom. The third-order valence-electron chi connectivity index (χ3n) is 1.95. The van der Waals surface area contributed by atoms with Crippen LogP contribution in [0, 0.1) is 5.41 Å². The number of nitrogen functional groups attached to an aromatic ring is 1. The summed E-state index contributed by atoms with van der Waals surface area (Å²) in [6.07, 6.45) is 4.68. The molecule has 3 N–H and O–H groups in total. The maximum atomic E-state index is 7.37. The SMILES string of the molecule is N=C(N)c1ncccc1Cn1cncn1. The topological polar surface area (TPSA) is 93.5 Å². The number of amidine groups is 1. The summed E-state index contributed by atoms with van der Waals surface area (Å²) in [5.41, 5.74) is 6.77. The lowest BCUT2D eigenvalue weighted by molar-refractivity contribution is 0.681. The fraction of sp³-hybridized carbons (Fsp3) is 0.111. The number of pyridine rings is 1. The van der Waals surface area contributed by atoms with Crippen LogP contribution in [0.2, 0.25) is 0 Å². The van der Waals surface area contributed by atoms with Crippen LogP contribution in [-0.2, 0) is 6.54 Å². The number of hydrogen-bond acceptors (Lipinski definition) is 4. The van der Waals surface area contributed by atoms with E-state index < -0.39 is 0 Å². The molecular weight excluding hydrogens is 192 g/mol. The standard InChI is InChI=1S/C9H10N6/c10-9(11)8-7(2-1-3-13-8)4-15-6-12-5-14-15/h1-3,5-6H,4H2,(H3,10,11). The van der Waals surface area contributed by atoms with Gasteiger partial charge in [0, 0.05) is 11.8 Å². The average molecular weight is 202 g/mol. The first-order chi connectivity index (χ1) is 7.27. The lowest BCUT2D eigenvalue weighted by Gasteiger charge is -2.05. The second-order valence-corrected chi connectivity index (χ2v) is 3.02. The van der Waals surface area contributed by atoms with Crippen molar-refractivity contribution < 1.29 is 0 Å². The predicted octanol–water partition coefficient (Wildman–Crippen LogP) is 0.00547. The van der Waals surface area contributed by atoms with Gasteiger partial charge >= 0.3 is 0 Å². The van der Waals surface area contributed by atoms with Crippen molar-refractivity contribution in [3.63, 3.8) is 0 Å². The fourth-order valence-corrected chi connectivity index (χ4v) is 1.30. The molecule has 0 aliphatic heterocycles. The quantitative estimate of drug-likeness (QED) is 0.541. The predicted molar refractivity (Wildman–Crippen MR) is 54.4 cm³/mol. The molecule has 0 atom stereocenters. The van der Waals surface area contributed by atoms with Crippen LogP contribution in [0.3, 0.4) is 0 Å². The van der Waals surface area contributed by atoms with Gasteiger partial charge in [-0.05, 0) is 6.07 Å². The molecule has 0 amide bonds. The van der Waals surface area contributed by atoms with Gasteiger partial charge in [-0.25, -0.2) is 9.67 Å². The minimum atomic E-state index is -0.0364. The molecule has 0 unspecified atom stereocenters. The van der Waals surface area contributed by atoms with Crippen LogP contribution in [0.25, 0.3) is 0 Å². The number of nitrogens with two attached hydrogens (primary N) is 1. The van der Waals surface area contributed by atoms with Crippen LogP contribution in [0.1, 0.15) is 11.3 Å².